The number of nitro groups is 1. The van der Waals surface area contributed by atoms with E-state index < -0.39 is 4.92 Å². The van der Waals surface area contributed by atoms with Crippen molar-refractivity contribution in [3.8, 4) is 0 Å². The third-order valence-electron chi connectivity index (χ3n) is 4.66. The molecule has 0 heterocycles. The second-order valence-electron chi connectivity index (χ2n) is 6.06. The van der Waals surface area contributed by atoms with Crippen LogP contribution in [0.2, 0.25) is 0 Å². The molecule has 21 heavy (non-hydrogen) atoms. The van der Waals surface area contributed by atoms with E-state index in [0.29, 0.717) is 23.2 Å². The highest BCUT2D eigenvalue weighted by Gasteiger charge is 2.53. The SMILES string of the molecule is CNc1ccc([N+](=O)[O-])cc1C(=O)NCC1(C2CC2)CC1. The summed E-state index contributed by atoms with van der Waals surface area (Å²) in [5.74, 6) is 0.529. The van der Waals surface area contributed by atoms with E-state index >= 15 is 0 Å². The van der Waals surface area contributed by atoms with Crippen molar-refractivity contribution in [2.45, 2.75) is 25.7 Å². The number of hydrogen-bond donors (Lipinski definition) is 2. The molecule has 0 unspecified atom stereocenters. The topological polar surface area (TPSA) is 84.3 Å². The molecule has 0 bridgehead atoms. The molecule has 0 aliphatic heterocycles. The Morgan fingerprint density at radius 3 is 2.67 bits per heavy atom. The standard InChI is InChI=1S/C15H19N3O3/c1-16-13-5-4-11(18(20)21)8-12(13)14(19)17-9-15(6-7-15)10-2-3-10/h4-5,8,10,16H,2-3,6-7,9H2,1H3,(H,17,19). The van der Waals surface area contributed by atoms with Crippen LogP contribution in [-0.2, 0) is 0 Å². The minimum absolute atomic E-state index is 0.0671. The summed E-state index contributed by atoms with van der Waals surface area (Å²) >= 11 is 0. The van der Waals surface area contributed by atoms with Gasteiger partial charge in [0.15, 0.2) is 0 Å². The van der Waals surface area contributed by atoms with Crippen LogP contribution in [0.1, 0.15) is 36.0 Å². The fourth-order valence-corrected chi connectivity index (χ4v) is 2.99. The Morgan fingerprint density at radius 1 is 1.43 bits per heavy atom. The number of rotatable bonds is 6. The van der Waals surface area contributed by atoms with Crippen LogP contribution in [-0.4, -0.2) is 24.4 Å². The molecule has 2 aliphatic rings. The number of nitro benzene ring substituents is 1. The van der Waals surface area contributed by atoms with Gasteiger partial charge in [-0.25, -0.2) is 0 Å². The Kier molecular flexibility index (Phi) is 3.31. The first kappa shape index (κ1) is 13.9. The Bertz CT molecular complexity index is 592. The largest absolute Gasteiger partial charge is 0.387 e. The summed E-state index contributed by atoms with van der Waals surface area (Å²) < 4.78 is 0. The number of non-ortho nitro benzene ring substituents is 1. The molecule has 1 aromatic carbocycles. The summed E-state index contributed by atoms with van der Waals surface area (Å²) in [5, 5.41) is 16.7. The predicted octanol–water partition coefficient (Wildman–Crippen LogP) is 2.56. The number of anilines is 1. The van der Waals surface area contributed by atoms with Gasteiger partial charge in [-0.15, -0.1) is 0 Å². The molecule has 1 aromatic rings. The van der Waals surface area contributed by atoms with Gasteiger partial charge in [-0.1, -0.05) is 0 Å². The van der Waals surface area contributed by atoms with E-state index in [2.05, 4.69) is 10.6 Å². The molecule has 0 radical (unpaired) electrons. The summed E-state index contributed by atoms with van der Waals surface area (Å²) in [7, 11) is 1.70. The van der Waals surface area contributed by atoms with Gasteiger partial charge in [0.2, 0.25) is 0 Å². The predicted molar refractivity (Wildman–Crippen MR) is 79.4 cm³/mol. The Hall–Kier alpha value is -2.11. The van der Waals surface area contributed by atoms with Gasteiger partial charge in [-0.2, -0.15) is 0 Å². The van der Waals surface area contributed by atoms with Crippen LogP contribution in [0.5, 0.6) is 0 Å². The molecular weight excluding hydrogens is 270 g/mol. The third kappa shape index (κ3) is 2.70. The molecule has 2 fully saturated rings. The zero-order valence-corrected chi connectivity index (χ0v) is 12.0. The van der Waals surface area contributed by atoms with Crippen LogP contribution in [0.15, 0.2) is 18.2 Å². The van der Waals surface area contributed by atoms with Crippen LogP contribution in [0.3, 0.4) is 0 Å². The second-order valence-corrected chi connectivity index (χ2v) is 6.06. The number of carbonyl (C=O) groups excluding carboxylic acids is 1. The van der Waals surface area contributed by atoms with Crippen molar-refractivity contribution in [1.82, 2.24) is 5.32 Å². The Morgan fingerprint density at radius 2 is 2.14 bits per heavy atom. The Balaban J connectivity index is 1.73. The molecule has 3 rings (SSSR count). The van der Waals surface area contributed by atoms with E-state index in [1.54, 1.807) is 13.1 Å². The number of amides is 1. The summed E-state index contributed by atoms with van der Waals surface area (Å²) in [6, 6.07) is 4.30. The molecule has 0 aromatic heterocycles. The van der Waals surface area contributed by atoms with Crippen LogP contribution in [0.4, 0.5) is 11.4 Å². The van der Waals surface area contributed by atoms with Gasteiger partial charge in [0.1, 0.15) is 0 Å². The zero-order chi connectivity index (χ0) is 15.0. The van der Waals surface area contributed by atoms with Crippen LogP contribution >= 0.6 is 0 Å². The van der Waals surface area contributed by atoms with Crippen LogP contribution in [0, 0.1) is 21.4 Å². The lowest BCUT2D eigenvalue weighted by atomic mass is 10.0. The van der Waals surface area contributed by atoms with Gasteiger partial charge in [0.05, 0.1) is 10.5 Å². The number of hydrogen-bond acceptors (Lipinski definition) is 4. The number of nitrogens with one attached hydrogen (secondary N) is 2. The first-order valence-corrected chi connectivity index (χ1v) is 7.30. The lowest BCUT2D eigenvalue weighted by molar-refractivity contribution is -0.384. The molecule has 0 atom stereocenters. The first-order chi connectivity index (χ1) is 10.1. The summed E-state index contributed by atoms with van der Waals surface area (Å²) in [6.07, 6.45) is 4.92. The maximum Gasteiger partial charge on any atom is 0.270 e. The molecule has 6 heteroatoms. The number of nitrogens with zero attached hydrogens (tertiary/aromatic N) is 1. The maximum absolute atomic E-state index is 12.3. The van der Waals surface area contributed by atoms with E-state index in [4.69, 9.17) is 0 Å². The minimum atomic E-state index is -0.483. The first-order valence-electron chi connectivity index (χ1n) is 7.30. The lowest BCUT2D eigenvalue weighted by Crippen LogP contribution is -2.31. The lowest BCUT2D eigenvalue weighted by Gasteiger charge is -2.16. The normalized spacial score (nSPS) is 18.9. The fourth-order valence-electron chi connectivity index (χ4n) is 2.99. The highest BCUT2D eigenvalue weighted by Crippen LogP contribution is 2.60. The van der Waals surface area contributed by atoms with Gasteiger partial charge in [0, 0.05) is 31.4 Å². The molecule has 2 saturated carbocycles. The smallest absolute Gasteiger partial charge is 0.270 e. The summed E-state index contributed by atoms with van der Waals surface area (Å²) in [6.45, 7) is 0.683. The Labute approximate surface area is 123 Å². The van der Waals surface area contributed by atoms with Gasteiger partial charge in [-0.3, -0.25) is 14.9 Å². The monoisotopic (exact) mass is 289 g/mol. The van der Waals surface area contributed by atoms with Gasteiger partial charge >= 0.3 is 0 Å². The maximum atomic E-state index is 12.3. The van der Waals surface area contributed by atoms with E-state index in [-0.39, 0.29) is 11.6 Å². The average molecular weight is 289 g/mol. The van der Waals surface area contributed by atoms with Gasteiger partial charge < -0.3 is 10.6 Å². The van der Waals surface area contributed by atoms with E-state index in [1.807, 2.05) is 0 Å². The quantitative estimate of drug-likeness (QED) is 0.622. The van der Waals surface area contributed by atoms with E-state index in [1.165, 1.54) is 37.8 Å². The second kappa shape index (κ2) is 5.02. The fraction of sp³-hybridized carbons (Fsp3) is 0.533. The van der Waals surface area contributed by atoms with Crippen molar-refractivity contribution < 1.29 is 9.72 Å². The number of carbonyl (C=O) groups is 1. The van der Waals surface area contributed by atoms with E-state index in [0.717, 1.165) is 5.92 Å². The molecule has 2 N–H and O–H groups in total. The number of benzene rings is 1. The van der Waals surface area contributed by atoms with Crippen molar-refractivity contribution in [3.05, 3.63) is 33.9 Å². The summed E-state index contributed by atoms with van der Waals surface area (Å²) in [4.78, 5) is 22.7. The van der Waals surface area contributed by atoms with Gasteiger partial charge in [-0.05, 0) is 43.1 Å². The molecule has 6 nitrogen and oxygen atoms in total. The van der Waals surface area contributed by atoms with Crippen molar-refractivity contribution in [1.29, 1.82) is 0 Å². The van der Waals surface area contributed by atoms with E-state index in [9.17, 15) is 14.9 Å². The minimum Gasteiger partial charge on any atom is -0.387 e. The molecule has 0 spiro atoms. The molecule has 2 aliphatic carbocycles. The highest BCUT2D eigenvalue weighted by molar-refractivity contribution is 6.00. The molecule has 0 saturated heterocycles. The summed E-state index contributed by atoms with van der Waals surface area (Å²) in [5.41, 5.74) is 1.19. The third-order valence-corrected chi connectivity index (χ3v) is 4.66. The van der Waals surface area contributed by atoms with Crippen LogP contribution in [0.25, 0.3) is 0 Å². The van der Waals surface area contributed by atoms with Crippen molar-refractivity contribution in [2.75, 3.05) is 18.9 Å². The zero-order valence-electron chi connectivity index (χ0n) is 12.0. The van der Waals surface area contributed by atoms with Gasteiger partial charge in [0.25, 0.3) is 11.6 Å². The molecule has 1 amide bonds. The van der Waals surface area contributed by atoms with Crippen LogP contribution < -0.4 is 10.6 Å². The van der Waals surface area contributed by atoms with Crippen molar-refractivity contribution in [3.63, 3.8) is 0 Å². The average Bonchev–Trinajstić information content (AvgIpc) is 3.36. The molecular formula is C15H19N3O3. The highest BCUT2D eigenvalue weighted by atomic mass is 16.6. The van der Waals surface area contributed by atoms with Crippen molar-refractivity contribution in [2.24, 2.45) is 11.3 Å². The van der Waals surface area contributed by atoms with Crippen molar-refractivity contribution >= 4 is 17.3 Å². The molecule has 112 valence electrons.